The van der Waals surface area contributed by atoms with E-state index >= 15 is 0 Å². The van der Waals surface area contributed by atoms with Gasteiger partial charge < -0.3 is 10.5 Å². The SMILES string of the molecule is CN(C(N)=O)C(=O)OCc1ccccc1. The Morgan fingerprint density at radius 2 is 1.93 bits per heavy atom. The zero-order valence-corrected chi connectivity index (χ0v) is 8.34. The van der Waals surface area contributed by atoms with E-state index in [1.54, 1.807) is 0 Å². The summed E-state index contributed by atoms with van der Waals surface area (Å²) in [5.41, 5.74) is 5.74. The fourth-order valence-corrected chi connectivity index (χ4v) is 0.906. The number of hydrogen-bond acceptors (Lipinski definition) is 3. The van der Waals surface area contributed by atoms with E-state index in [4.69, 9.17) is 10.5 Å². The first-order valence-corrected chi connectivity index (χ1v) is 4.35. The lowest BCUT2D eigenvalue weighted by molar-refractivity contribution is 0.112. The van der Waals surface area contributed by atoms with Gasteiger partial charge >= 0.3 is 12.1 Å². The molecule has 1 rings (SSSR count). The molecule has 0 saturated carbocycles. The fraction of sp³-hybridized carbons (Fsp3) is 0.200. The molecule has 0 unspecified atom stereocenters. The Hall–Kier alpha value is -2.04. The highest BCUT2D eigenvalue weighted by Gasteiger charge is 2.14. The largest absolute Gasteiger partial charge is 0.444 e. The van der Waals surface area contributed by atoms with Crippen molar-refractivity contribution in [1.29, 1.82) is 0 Å². The Morgan fingerprint density at radius 1 is 1.33 bits per heavy atom. The van der Waals surface area contributed by atoms with Crippen LogP contribution >= 0.6 is 0 Å². The number of primary amides is 1. The van der Waals surface area contributed by atoms with Gasteiger partial charge in [0.15, 0.2) is 0 Å². The average molecular weight is 208 g/mol. The molecule has 0 aliphatic rings. The zero-order chi connectivity index (χ0) is 11.3. The summed E-state index contributed by atoms with van der Waals surface area (Å²) < 4.78 is 4.84. The predicted molar refractivity (Wildman–Crippen MR) is 54.0 cm³/mol. The van der Waals surface area contributed by atoms with Gasteiger partial charge in [-0.2, -0.15) is 0 Å². The molecule has 5 nitrogen and oxygen atoms in total. The number of nitrogens with zero attached hydrogens (tertiary/aromatic N) is 1. The number of nitrogens with two attached hydrogens (primary N) is 1. The molecule has 1 aromatic rings. The molecule has 0 bridgehead atoms. The summed E-state index contributed by atoms with van der Waals surface area (Å²) in [5.74, 6) is 0. The predicted octanol–water partition coefficient (Wildman–Crippen LogP) is 1.33. The van der Waals surface area contributed by atoms with Crippen molar-refractivity contribution in [2.75, 3.05) is 7.05 Å². The standard InChI is InChI=1S/C10H12N2O3/c1-12(9(11)13)10(14)15-7-8-5-3-2-4-6-8/h2-6H,7H2,1H3,(H2,11,13). The molecule has 3 amide bonds. The summed E-state index contributed by atoms with van der Waals surface area (Å²) in [7, 11) is 1.26. The summed E-state index contributed by atoms with van der Waals surface area (Å²) in [4.78, 5) is 22.5. The van der Waals surface area contributed by atoms with E-state index in [0.717, 1.165) is 5.56 Å². The summed E-state index contributed by atoms with van der Waals surface area (Å²) in [6, 6.07) is 8.32. The average Bonchev–Trinajstić information content (AvgIpc) is 2.26. The molecule has 2 N–H and O–H groups in total. The van der Waals surface area contributed by atoms with Crippen molar-refractivity contribution in [2.45, 2.75) is 6.61 Å². The second-order valence-electron chi connectivity index (χ2n) is 2.94. The zero-order valence-electron chi connectivity index (χ0n) is 8.34. The van der Waals surface area contributed by atoms with Crippen LogP contribution in [-0.4, -0.2) is 24.1 Å². The van der Waals surface area contributed by atoms with Crippen LogP contribution in [-0.2, 0) is 11.3 Å². The maximum absolute atomic E-state index is 11.2. The Labute approximate surface area is 87.4 Å². The smallest absolute Gasteiger partial charge is 0.418 e. The minimum atomic E-state index is -0.840. The lowest BCUT2D eigenvalue weighted by atomic mass is 10.2. The van der Waals surface area contributed by atoms with Gasteiger partial charge in [0.2, 0.25) is 0 Å². The van der Waals surface area contributed by atoms with Crippen LogP contribution in [0, 0.1) is 0 Å². The first-order valence-electron chi connectivity index (χ1n) is 4.35. The Bertz CT molecular complexity index is 351. The Balaban J connectivity index is 2.44. The maximum atomic E-state index is 11.2. The van der Waals surface area contributed by atoms with Gasteiger partial charge in [-0.05, 0) is 5.56 Å². The van der Waals surface area contributed by atoms with Crippen molar-refractivity contribution >= 4 is 12.1 Å². The van der Waals surface area contributed by atoms with Crippen molar-refractivity contribution < 1.29 is 14.3 Å². The number of rotatable bonds is 2. The van der Waals surface area contributed by atoms with Gasteiger partial charge in [0.05, 0.1) is 0 Å². The highest BCUT2D eigenvalue weighted by atomic mass is 16.6. The lowest BCUT2D eigenvalue weighted by Gasteiger charge is -2.12. The first kappa shape index (κ1) is 11.0. The lowest BCUT2D eigenvalue weighted by Crippen LogP contribution is -2.37. The minimum absolute atomic E-state index is 0.122. The normalized spacial score (nSPS) is 9.40. The molecule has 80 valence electrons. The number of carbonyl (C=O) groups excluding carboxylic acids is 2. The molecular weight excluding hydrogens is 196 g/mol. The summed E-state index contributed by atoms with van der Waals surface area (Å²) in [6.07, 6.45) is -0.758. The number of urea groups is 1. The van der Waals surface area contributed by atoms with Gasteiger partial charge in [-0.1, -0.05) is 30.3 Å². The van der Waals surface area contributed by atoms with Crippen LogP contribution in [0.25, 0.3) is 0 Å². The van der Waals surface area contributed by atoms with Crippen LogP contribution < -0.4 is 5.73 Å². The molecule has 0 aromatic heterocycles. The number of benzene rings is 1. The van der Waals surface area contributed by atoms with Crippen LogP contribution in [0.15, 0.2) is 30.3 Å². The molecular formula is C10H12N2O3. The topological polar surface area (TPSA) is 72.6 Å². The van der Waals surface area contributed by atoms with Crippen molar-refractivity contribution in [3.05, 3.63) is 35.9 Å². The van der Waals surface area contributed by atoms with E-state index in [1.807, 2.05) is 30.3 Å². The third kappa shape index (κ3) is 3.30. The molecule has 0 radical (unpaired) electrons. The van der Waals surface area contributed by atoms with Gasteiger partial charge in [0, 0.05) is 7.05 Å². The summed E-state index contributed by atoms with van der Waals surface area (Å²) in [6.45, 7) is 0.122. The molecule has 0 saturated heterocycles. The molecule has 0 fully saturated rings. The van der Waals surface area contributed by atoms with Crippen LogP contribution in [0.1, 0.15) is 5.56 Å². The number of imide groups is 1. The van der Waals surface area contributed by atoms with Crippen LogP contribution in [0.5, 0.6) is 0 Å². The summed E-state index contributed by atoms with van der Waals surface area (Å²) >= 11 is 0. The van der Waals surface area contributed by atoms with Gasteiger partial charge in [0.25, 0.3) is 0 Å². The quantitative estimate of drug-likeness (QED) is 0.796. The molecule has 15 heavy (non-hydrogen) atoms. The number of hydrogen-bond donors (Lipinski definition) is 1. The second-order valence-corrected chi connectivity index (χ2v) is 2.94. The van der Waals surface area contributed by atoms with Crippen molar-refractivity contribution in [3.8, 4) is 0 Å². The molecule has 0 aliphatic heterocycles. The molecule has 0 aliphatic carbocycles. The second kappa shape index (κ2) is 4.99. The highest BCUT2D eigenvalue weighted by Crippen LogP contribution is 2.02. The minimum Gasteiger partial charge on any atom is -0.444 e. The van der Waals surface area contributed by atoms with Gasteiger partial charge in [-0.15, -0.1) is 0 Å². The third-order valence-corrected chi connectivity index (χ3v) is 1.81. The monoisotopic (exact) mass is 208 g/mol. The molecule has 5 heteroatoms. The number of carbonyl (C=O) groups is 2. The Morgan fingerprint density at radius 3 is 2.47 bits per heavy atom. The molecule has 0 heterocycles. The molecule has 1 aromatic carbocycles. The highest BCUT2D eigenvalue weighted by molar-refractivity contribution is 5.89. The van der Waals surface area contributed by atoms with Crippen LogP contribution in [0.4, 0.5) is 9.59 Å². The number of amides is 3. The molecule has 0 atom stereocenters. The van der Waals surface area contributed by atoms with Gasteiger partial charge in [-0.25, -0.2) is 14.5 Å². The van der Waals surface area contributed by atoms with Gasteiger partial charge in [0.1, 0.15) is 6.61 Å². The van der Waals surface area contributed by atoms with Crippen LogP contribution in [0.2, 0.25) is 0 Å². The van der Waals surface area contributed by atoms with E-state index in [2.05, 4.69) is 0 Å². The molecule has 0 spiro atoms. The van der Waals surface area contributed by atoms with E-state index in [1.165, 1.54) is 7.05 Å². The van der Waals surface area contributed by atoms with E-state index in [-0.39, 0.29) is 6.61 Å². The van der Waals surface area contributed by atoms with E-state index < -0.39 is 12.1 Å². The summed E-state index contributed by atoms with van der Waals surface area (Å²) in [5, 5.41) is 0. The number of ether oxygens (including phenoxy) is 1. The van der Waals surface area contributed by atoms with E-state index in [9.17, 15) is 9.59 Å². The fourth-order valence-electron chi connectivity index (χ4n) is 0.906. The van der Waals surface area contributed by atoms with Crippen molar-refractivity contribution in [2.24, 2.45) is 5.73 Å². The van der Waals surface area contributed by atoms with Gasteiger partial charge in [-0.3, -0.25) is 0 Å². The van der Waals surface area contributed by atoms with E-state index in [0.29, 0.717) is 4.90 Å². The first-order chi connectivity index (χ1) is 7.11. The Kier molecular flexibility index (Phi) is 3.68. The van der Waals surface area contributed by atoms with Crippen molar-refractivity contribution in [1.82, 2.24) is 4.90 Å². The van der Waals surface area contributed by atoms with Crippen LogP contribution in [0.3, 0.4) is 0 Å². The third-order valence-electron chi connectivity index (χ3n) is 1.81. The van der Waals surface area contributed by atoms with Crippen molar-refractivity contribution in [3.63, 3.8) is 0 Å². The maximum Gasteiger partial charge on any atom is 0.418 e.